The zero-order valence-corrected chi connectivity index (χ0v) is 8.19. The quantitative estimate of drug-likeness (QED) is 0.204. The number of unbranched alkanes of at least 4 members (excludes halogenated alkanes) is 3. The summed E-state index contributed by atoms with van der Waals surface area (Å²) in [5.74, 6) is -3.07. The fourth-order valence-electron chi connectivity index (χ4n) is 0.999. The van der Waals surface area contributed by atoms with Crippen molar-refractivity contribution in [2.45, 2.75) is 37.9 Å². The molecule has 6 nitrogen and oxygen atoms in total. The van der Waals surface area contributed by atoms with Crippen molar-refractivity contribution < 1.29 is 20.4 Å². The maximum atomic E-state index is 8.91. The summed E-state index contributed by atoms with van der Waals surface area (Å²) in [6.45, 7) is 1.08. The molecule has 0 fully saturated rings. The number of rotatable bonds is 8. The van der Waals surface area contributed by atoms with Gasteiger partial charge in [-0.1, -0.05) is 12.8 Å². The standard InChI is InChI=1S/C8H20N2O4/c9-5-3-1-2-4-6-10-7(11)8(12,13)14/h7,10-14H,1-6,9H2. The number of aliphatic hydroxyl groups excluding tert-OH is 1. The highest BCUT2D eigenvalue weighted by Gasteiger charge is 2.29. The Bertz CT molecular complexity index is 138. The molecule has 0 radical (unpaired) electrons. The van der Waals surface area contributed by atoms with Gasteiger partial charge >= 0.3 is 5.97 Å². The highest BCUT2D eigenvalue weighted by atomic mass is 16.7. The van der Waals surface area contributed by atoms with Crippen LogP contribution in [0.25, 0.3) is 0 Å². The molecule has 0 heterocycles. The van der Waals surface area contributed by atoms with Crippen molar-refractivity contribution in [3.8, 4) is 0 Å². The molecule has 1 unspecified atom stereocenters. The van der Waals surface area contributed by atoms with E-state index in [1.807, 2.05) is 0 Å². The number of hydrogen-bond acceptors (Lipinski definition) is 6. The molecule has 0 amide bonds. The van der Waals surface area contributed by atoms with Gasteiger partial charge < -0.3 is 26.2 Å². The van der Waals surface area contributed by atoms with Crippen LogP contribution >= 0.6 is 0 Å². The van der Waals surface area contributed by atoms with Gasteiger partial charge in [0, 0.05) is 0 Å². The van der Waals surface area contributed by atoms with E-state index < -0.39 is 12.2 Å². The van der Waals surface area contributed by atoms with E-state index in [0.717, 1.165) is 25.7 Å². The minimum absolute atomic E-state index is 0.412. The van der Waals surface area contributed by atoms with Crippen LogP contribution < -0.4 is 11.1 Å². The van der Waals surface area contributed by atoms with Crippen LogP contribution in [-0.4, -0.2) is 45.7 Å². The van der Waals surface area contributed by atoms with Crippen molar-refractivity contribution in [2.75, 3.05) is 13.1 Å². The monoisotopic (exact) mass is 208 g/mol. The summed E-state index contributed by atoms with van der Waals surface area (Å²) in [5.41, 5.74) is 5.29. The molecule has 0 rings (SSSR count). The largest absolute Gasteiger partial charge is 0.371 e. The molecule has 0 aromatic rings. The average molecular weight is 208 g/mol. The van der Waals surface area contributed by atoms with E-state index in [1.54, 1.807) is 0 Å². The maximum absolute atomic E-state index is 8.91. The van der Waals surface area contributed by atoms with Gasteiger partial charge in [-0.3, -0.25) is 5.32 Å². The van der Waals surface area contributed by atoms with Crippen molar-refractivity contribution >= 4 is 0 Å². The molecule has 86 valence electrons. The maximum Gasteiger partial charge on any atom is 0.317 e. The molecule has 0 aliphatic rings. The predicted octanol–water partition coefficient (Wildman–Crippen LogP) is -1.96. The first-order valence-corrected chi connectivity index (χ1v) is 4.77. The first-order chi connectivity index (χ1) is 6.48. The zero-order valence-electron chi connectivity index (χ0n) is 8.19. The van der Waals surface area contributed by atoms with Gasteiger partial charge in [-0.05, 0) is 25.9 Å². The molecule has 0 saturated carbocycles. The van der Waals surface area contributed by atoms with Gasteiger partial charge in [-0.2, -0.15) is 0 Å². The summed E-state index contributed by atoms with van der Waals surface area (Å²) in [6, 6.07) is 0. The Hall–Kier alpha value is -0.240. The van der Waals surface area contributed by atoms with E-state index in [-0.39, 0.29) is 0 Å². The van der Waals surface area contributed by atoms with Crippen LogP contribution in [0.15, 0.2) is 0 Å². The predicted molar refractivity (Wildman–Crippen MR) is 50.9 cm³/mol. The molecule has 0 spiro atoms. The highest BCUT2D eigenvalue weighted by Crippen LogP contribution is 2.00. The number of hydrogen-bond donors (Lipinski definition) is 6. The van der Waals surface area contributed by atoms with E-state index >= 15 is 0 Å². The number of nitrogens with two attached hydrogens (primary N) is 1. The molecular weight excluding hydrogens is 188 g/mol. The highest BCUT2D eigenvalue weighted by molar-refractivity contribution is 4.60. The Labute approximate surface area is 83.4 Å². The van der Waals surface area contributed by atoms with Crippen molar-refractivity contribution in [1.82, 2.24) is 5.32 Å². The van der Waals surface area contributed by atoms with Gasteiger partial charge in [-0.25, -0.2) is 0 Å². The third-order valence-electron chi connectivity index (χ3n) is 1.84. The zero-order chi connectivity index (χ0) is 11.0. The fourth-order valence-corrected chi connectivity index (χ4v) is 0.999. The van der Waals surface area contributed by atoms with Gasteiger partial charge in [-0.15, -0.1) is 0 Å². The molecule has 0 aliphatic carbocycles. The molecule has 0 aromatic heterocycles. The number of aliphatic hydroxyl groups is 4. The van der Waals surface area contributed by atoms with Crippen molar-refractivity contribution in [1.29, 1.82) is 0 Å². The lowest BCUT2D eigenvalue weighted by Crippen LogP contribution is -2.51. The first-order valence-electron chi connectivity index (χ1n) is 4.77. The minimum Gasteiger partial charge on any atom is -0.371 e. The van der Waals surface area contributed by atoms with Crippen LogP contribution in [0.2, 0.25) is 0 Å². The summed E-state index contributed by atoms with van der Waals surface area (Å²) in [5, 5.41) is 36.8. The summed E-state index contributed by atoms with van der Waals surface area (Å²) >= 11 is 0. The van der Waals surface area contributed by atoms with E-state index in [4.69, 9.17) is 26.2 Å². The fraction of sp³-hybridized carbons (Fsp3) is 1.00. The molecule has 6 heteroatoms. The second kappa shape index (κ2) is 7.10. The van der Waals surface area contributed by atoms with Crippen molar-refractivity contribution in [3.63, 3.8) is 0 Å². The lowest BCUT2D eigenvalue weighted by Gasteiger charge is -2.21. The Kier molecular flexibility index (Phi) is 6.98. The lowest BCUT2D eigenvalue weighted by atomic mass is 10.2. The molecule has 0 aromatic carbocycles. The molecule has 0 bridgehead atoms. The van der Waals surface area contributed by atoms with Crippen molar-refractivity contribution in [2.24, 2.45) is 5.73 Å². The average Bonchev–Trinajstić information content (AvgIpc) is 2.09. The van der Waals surface area contributed by atoms with Gasteiger partial charge in [0.25, 0.3) is 0 Å². The topological polar surface area (TPSA) is 119 Å². The van der Waals surface area contributed by atoms with E-state index in [1.165, 1.54) is 0 Å². The SMILES string of the molecule is NCCCCCCNC(O)C(O)(O)O. The molecule has 0 aliphatic heterocycles. The number of nitrogens with one attached hydrogen (secondary N) is 1. The van der Waals surface area contributed by atoms with Gasteiger partial charge in [0.2, 0.25) is 0 Å². The smallest absolute Gasteiger partial charge is 0.317 e. The molecule has 0 saturated heterocycles. The summed E-state index contributed by atoms with van der Waals surface area (Å²) in [4.78, 5) is 0. The lowest BCUT2D eigenvalue weighted by molar-refractivity contribution is -0.360. The van der Waals surface area contributed by atoms with E-state index in [9.17, 15) is 0 Å². The molecule has 14 heavy (non-hydrogen) atoms. The first kappa shape index (κ1) is 13.8. The molecule has 7 N–H and O–H groups in total. The van der Waals surface area contributed by atoms with Crippen molar-refractivity contribution in [3.05, 3.63) is 0 Å². The van der Waals surface area contributed by atoms with Gasteiger partial charge in [0.15, 0.2) is 6.23 Å². The Morgan fingerprint density at radius 2 is 1.64 bits per heavy atom. The van der Waals surface area contributed by atoms with Crippen LogP contribution in [0.1, 0.15) is 25.7 Å². The second-order valence-corrected chi connectivity index (χ2v) is 3.25. The summed E-state index contributed by atoms with van der Waals surface area (Å²) in [7, 11) is 0. The Morgan fingerprint density at radius 3 is 2.14 bits per heavy atom. The van der Waals surface area contributed by atoms with Crippen LogP contribution in [0.4, 0.5) is 0 Å². The van der Waals surface area contributed by atoms with Crippen LogP contribution in [0.5, 0.6) is 0 Å². The van der Waals surface area contributed by atoms with Crippen LogP contribution in [0.3, 0.4) is 0 Å². The third kappa shape index (κ3) is 7.19. The van der Waals surface area contributed by atoms with Crippen LogP contribution in [-0.2, 0) is 0 Å². The van der Waals surface area contributed by atoms with Gasteiger partial charge in [0.05, 0.1) is 0 Å². The molecule has 1 atom stereocenters. The summed E-state index contributed by atoms with van der Waals surface area (Å²) in [6.07, 6.45) is 1.97. The van der Waals surface area contributed by atoms with E-state index in [0.29, 0.717) is 13.1 Å². The van der Waals surface area contributed by atoms with Gasteiger partial charge in [0.1, 0.15) is 0 Å². The van der Waals surface area contributed by atoms with E-state index in [2.05, 4.69) is 5.32 Å². The Balaban J connectivity index is 3.28. The normalized spacial score (nSPS) is 14.4. The Morgan fingerprint density at radius 1 is 1.07 bits per heavy atom. The molecular formula is C8H20N2O4. The minimum atomic E-state index is -3.07. The second-order valence-electron chi connectivity index (χ2n) is 3.25. The van der Waals surface area contributed by atoms with Crippen LogP contribution in [0, 0.1) is 0 Å². The summed E-state index contributed by atoms with van der Waals surface area (Å²) < 4.78 is 0. The third-order valence-corrected chi connectivity index (χ3v) is 1.84.